The molecule has 2 aromatic heterocycles. The van der Waals surface area contributed by atoms with Crippen molar-refractivity contribution < 1.29 is 9.18 Å². The summed E-state index contributed by atoms with van der Waals surface area (Å²) >= 11 is 0. The molecule has 0 radical (unpaired) electrons. The quantitative estimate of drug-likeness (QED) is 0.781. The van der Waals surface area contributed by atoms with E-state index >= 15 is 0 Å². The molecule has 0 aliphatic heterocycles. The Morgan fingerprint density at radius 2 is 2.08 bits per heavy atom. The lowest BCUT2D eigenvalue weighted by Crippen LogP contribution is -2.27. The number of nitrogens with one attached hydrogen (secondary N) is 1. The molecule has 24 heavy (non-hydrogen) atoms. The molecule has 1 aromatic carbocycles. The first-order valence-corrected chi connectivity index (χ1v) is 7.49. The second kappa shape index (κ2) is 6.99. The van der Waals surface area contributed by atoms with Crippen LogP contribution in [0.5, 0.6) is 0 Å². The van der Waals surface area contributed by atoms with Gasteiger partial charge in [-0.3, -0.25) is 9.78 Å². The number of halogens is 1. The summed E-state index contributed by atoms with van der Waals surface area (Å²) in [7, 11) is 0. The van der Waals surface area contributed by atoms with E-state index in [1.165, 1.54) is 23.0 Å². The van der Waals surface area contributed by atoms with Crippen LogP contribution >= 0.6 is 0 Å². The summed E-state index contributed by atoms with van der Waals surface area (Å²) in [6.07, 6.45) is 6.33. The number of benzene rings is 1. The maximum Gasteiger partial charge on any atom is 0.252 e. The second-order valence-electron chi connectivity index (χ2n) is 5.44. The van der Waals surface area contributed by atoms with Crippen LogP contribution in [0.1, 0.15) is 28.8 Å². The van der Waals surface area contributed by atoms with Gasteiger partial charge in [0.2, 0.25) is 0 Å². The highest BCUT2D eigenvalue weighted by Crippen LogP contribution is 2.15. The Labute approximate surface area is 138 Å². The van der Waals surface area contributed by atoms with Crippen molar-refractivity contribution >= 4 is 5.91 Å². The average Bonchev–Trinajstić information content (AvgIpc) is 3.15. The Morgan fingerprint density at radius 3 is 2.79 bits per heavy atom. The lowest BCUT2D eigenvalue weighted by molar-refractivity contribution is 0.0951. The van der Waals surface area contributed by atoms with E-state index in [1.54, 1.807) is 36.8 Å². The van der Waals surface area contributed by atoms with Crippen LogP contribution in [-0.2, 0) is 0 Å². The van der Waals surface area contributed by atoms with Crippen LogP contribution < -0.4 is 5.32 Å². The van der Waals surface area contributed by atoms with Gasteiger partial charge in [-0.1, -0.05) is 24.3 Å². The number of hydrogen-bond donors (Lipinski definition) is 1. The van der Waals surface area contributed by atoms with E-state index in [-0.39, 0.29) is 17.6 Å². The molecule has 6 nitrogen and oxygen atoms in total. The van der Waals surface area contributed by atoms with Gasteiger partial charge in [-0.15, -0.1) is 5.10 Å². The van der Waals surface area contributed by atoms with Gasteiger partial charge in [-0.25, -0.2) is 9.07 Å². The minimum Gasteiger partial charge on any atom is -0.351 e. The van der Waals surface area contributed by atoms with E-state index in [2.05, 4.69) is 20.6 Å². The monoisotopic (exact) mass is 325 g/mol. The van der Waals surface area contributed by atoms with Crippen LogP contribution in [-0.4, -0.2) is 32.4 Å². The van der Waals surface area contributed by atoms with Crippen LogP contribution in [0.15, 0.2) is 55.1 Å². The fourth-order valence-corrected chi connectivity index (χ4v) is 2.28. The molecule has 7 heteroatoms. The van der Waals surface area contributed by atoms with Crippen molar-refractivity contribution in [1.82, 2.24) is 25.3 Å². The summed E-state index contributed by atoms with van der Waals surface area (Å²) in [4.78, 5) is 16.4. The molecule has 3 rings (SSSR count). The van der Waals surface area contributed by atoms with Crippen molar-refractivity contribution in [3.05, 3.63) is 72.1 Å². The third-order valence-electron chi connectivity index (χ3n) is 3.68. The maximum atomic E-state index is 13.0. The van der Waals surface area contributed by atoms with Gasteiger partial charge in [0.15, 0.2) is 0 Å². The molecular weight excluding hydrogens is 309 g/mol. The minimum absolute atomic E-state index is 0.0704. The number of nitrogens with zero attached hydrogens (tertiary/aromatic N) is 4. The molecule has 2 heterocycles. The Bertz CT molecular complexity index is 817. The van der Waals surface area contributed by atoms with Gasteiger partial charge >= 0.3 is 0 Å². The summed E-state index contributed by atoms with van der Waals surface area (Å²) in [5.74, 6) is -0.426. The fraction of sp³-hybridized carbons (Fsp3) is 0.176. The zero-order valence-corrected chi connectivity index (χ0v) is 13.1. The third kappa shape index (κ3) is 3.62. The highest BCUT2D eigenvalue weighted by molar-refractivity contribution is 5.94. The predicted molar refractivity (Wildman–Crippen MR) is 86.3 cm³/mol. The first kappa shape index (κ1) is 15.8. The molecule has 3 aromatic rings. The Balaban J connectivity index is 1.65. The maximum absolute atomic E-state index is 13.0. The lowest BCUT2D eigenvalue weighted by atomic mass is 10.0. The van der Waals surface area contributed by atoms with Gasteiger partial charge in [-0.2, -0.15) is 0 Å². The summed E-state index contributed by atoms with van der Waals surface area (Å²) in [6, 6.07) is 7.97. The molecule has 0 saturated carbocycles. The van der Waals surface area contributed by atoms with Gasteiger partial charge in [0.25, 0.3) is 5.91 Å². The number of carbonyl (C=O) groups excluding carboxylic acids is 1. The molecule has 0 aliphatic carbocycles. The van der Waals surface area contributed by atoms with Gasteiger partial charge < -0.3 is 5.32 Å². The number of pyridine rings is 1. The molecule has 0 spiro atoms. The summed E-state index contributed by atoms with van der Waals surface area (Å²) in [6.45, 7) is 2.41. The standard InChI is InChI=1S/C17H16FN5O/c1-12(13-2-4-15(18)5-3-13)9-20-17(24)14-8-16(11-19-10-14)23-7-6-21-22-23/h2-8,10-12H,9H2,1H3,(H,20,24). The molecule has 1 N–H and O–H groups in total. The van der Waals surface area contributed by atoms with Crippen molar-refractivity contribution in [2.24, 2.45) is 0 Å². The molecule has 122 valence electrons. The SMILES string of the molecule is CC(CNC(=O)c1cncc(-n2ccnn2)c1)c1ccc(F)cc1. The first-order valence-electron chi connectivity index (χ1n) is 7.49. The normalized spacial score (nSPS) is 11.9. The summed E-state index contributed by atoms with van der Waals surface area (Å²) in [5, 5.41) is 10.5. The van der Waals surface area contributed by atoms with Gasteiger partial charge in [0.1, 0.15) is 5.82 Å². The topological polar surface area (TPSA) is 72.7 Å². The van der Waals surface area contributed by atoms with Crippen molar-refractivity contribution in [2.45, 2.75) is 12.8 Å². The number of hydrogen-bond acceptors (Lipinski definition) is 4. The largest absolute Gasteiger partial charge is 0.351 e. The first-order chi connectivity index (χ1) is 11.6. The molecule has 0 bridgehead atoms. The van der Waals surface area contributed by atoms with E-state index in [1.807, 2.05) is 6.92 Å². The van der Waals surface area contributed by atoms with Crippen LogP contribution in [0.3, 0.4) is 0 Å². The molecule has 0 saturated heterocycles. The number of amides is 1. The number of carbonyl (C=O) groups is 1. The smallest absolute Gasteiger partial charge is 0.252 e. The van der Waals surface area contributed by atoms with Gasteiger partial charge in [0, 0.05) is 12.7 Å². The second-order valence-corrected chi connectivity index (χ2v) is 5.44. The molecule has 1 atom stereocenters. The van der Waals surface area contributed by atoms with Crippen molar-refractivity contribution in [3.8, 4) is 5.69 Å². The van der Waals surface area contributed by atoms with E-state index in [0.29, 0.717) is 17.8 Å². The van der Waals surface area contributed by atoms with Gasteiger partial charge in [-0.05, 0) is 29.7 Å². The molecule has 0 aliphatic rings. The van der Waals surface area contributed by atoms with Crippen molar-refractivity contribution in [3.63, 3.8) is 0 Å². The van der Waals surface area contributed by atoms with E-state index in [0.717, 1.165) is 5.56 Å². The van der Waals surface area contributed by atoms with E-state index in [9.17, 15) is 9.18 Å². The van der Waals surface area contributed by atoms with Crippen molar-refractivity contribution in [2.75, 3.05) is 6.54 Å². The molecule has 0 fully saturated rings. The van der Waals surface area contributed by atoms with Crippen LogP contribution in [0.4, 0.5) is 4.39 Å². The fourth-order valence-electron chi connectivity index (χ4n) is 2.28. The predicted octanol–water partition coefficient (Wildman–Crippen LogP) is 2.33. The number of aromatic nitrogens is 4. The van der Waals surface area contributed by atoms with E-state index < -0.39 is 0 Å². The summed E-state index contributed by atoms with van der Waals surface area (Å²) in [5.41, 5.74) is 2.06. The molecule has 1 unspecified atom stereocenters. The van der Waals surface area contributed by atoms with E-state index in [4.69, 9.17) is 0 Å². The molecule has 1 amide bonds. The Hall–Kier alpha value is -3.09. The zero-order chi connectivity index (χ0) is 16.9. The summed E-state index contributed by atoms with van der Waals surface area (Å²) < 4.78 is 14.5. The highest BCUT2D eigenvalue weighted by Gasteiger charge is 2.11. The van der Waals surface area contributed by atoms with Crippen LogP contribution in [0.25, 0.3) is 5.69 Å². The van der Waals surface area contributed by atoms with Crippen LogP contribution in [0, 0.1) is 5.82 Å². The highest BCUT2D eigenvalue weighted by atomic mass is 19.1. The molecular formula is C17H16FN5O. The van der Waals surface area contributed by atoms with Gasteiger partial charge in [0.05, 0.1) is 29.8 Å². The average molecular weight is 325 g/mol. The number of rotatable bonds is 5. The Morgan fingerprint density at radius 1 is 1.29 bits per heavy atom. The van der Waals surface area contributed by atoms with Crippen LogP contribution in [0.2, 0.25) is 0 Å². The minimum atomic E-state index is -0.272. The van der Waals surface area contributed by atoms with Crippen molar-refractivity contribution in [1.29, 1.82) is 0 Å². The lowest BCUT2D eigenvalue weighted by Gasteiger charge is -2.13. The Kier molecular flexibility index (Phi) is 4.60. The third-order valence-corrected chi connectivity index (χ3v) is 3.68. The zero-order valence-electron chi connectivity index (χ0n) is 13.1.